The first-order chi connectivity index (χ1) is 7.98. The van der Waals surface area contributed by atoms with E-state index in [4.69, 9.17) is 0 Å². The Labute approximate surface area is 103 Å². The van der Waals surface area contributed by atoms with Crippen molar-refractivity contribution in [3.8, 4) is 0 Å². The predicted octanol–water partition coefficient (Wildman–Crippen LogP) is 3.46. The van der Waals surface area contributed by atoms with Crippen molar-refractivity contribution in [1.29, 1.82) is 0 Å². The lowest BCUT2D eigenvalue weighted by molar-refractivity contribution is 0.349. The van der Waals surface area contributed by atoms with Crippen molar-refractivity contribution in [2.75, 3.05) is 0 Å². The number of nitrogens with one attached hydrogen (secondary N) is 1. The average molecular weight is 228 g/mol. The first kappa shape index (κ1) is 11.9. The molecule has 17 heavy (non-hydrogen) atoms. The molecule has 0 saturated carbocycles. The molecule has 0 saturated heterocycles. The van der Waals surface area contributed by atoms with Crippen LogP contribution in [0.5, 0.6) is 0 Å². The van der Waals surface area contributed by atoms with Crippen LogP contribution in [0.25, 0.3) is 5.57 Å². The quantitative estimate of drug-likeness (QED) is 0.782. The van der Waals surface area contributed by atoms with Gasteiger partial charge >= 0.3 is 0 Å². The molecule has 1 aliphatic heterocycles. The summed E-state index contributed by atoms with van der Waals surface area (Å²) in [5, 5.41) is 3.49. The van der Waals surface area contributed by atoms with E-state index in [0.717, 1.165) is 5.84 Å². The van der Waals surface area contributed by atoms with Gasteiger partial charge in [-0.1, -0.05) is 51.1 Å². The van der Waals surface area contributed by atoms with E-state index in [2.05, 4.69) is 55.3 Å². The lowest BCUT2D eigenvalue weighted by atomic mass is 9.79. The second-order valence-corrected chi connectivity index (χ2v) is 5.61. The molecule has 90 valence electrons. The minimum atomic E-state index is 0.166. The van der Waals surface area contributed by atoms with Gasteiger partial charge in [0.05, 0.1) is 11.9 Å². The third-order valence-electron chi connectivity index (χ3n) is 3.03. The van der Waals surface area contributed by atoms with Crippen LogP contribution in [0.1, 0.15) is 33.3 Å². The van der Waals surface area contributed by atoms with E-state index in [1.807, 2.05) is 19.2 Å². The zero-order valence-corrected chi connectivity index (χ0v) is 11.0. The van der Waals surface area contributed by atoms with Crippen LogP contribution in [0.3, 0.4) is 0 Å². The molecule has 0 radical (unpaired) electrons. The molecule has 0 spiro atoms. The SMILES string of the molecule is CC1=NC=C(c2ccccc2)C(C(C)(C)C)N1. The van der Waals surface area contributed by atoms with E-state index < -0.39 is 0 Å². The third-order valence-corrected chi connectivity index (χ3v) is 3.03. The largest absolute Gasteiger partial charge is 0.366 e. The van der Waals surface area contributed by atoms with Crippen LogP contribution >= 0.6 is 0 Å². The summed E-state index contributed by atoms with van der Waals surface area (Å²) in [6, 6.07) is 10.8. The standard InChI is InChI=1S/C15H20N2/c1-11-16-10-13(12-8-6-5-7-9-12)14(17-11)15(2,3)4/h5-10,14H,1-4H3,(H,16,17). The third kappa shape index (κ3) is 2.57. The van der Waals surface area contributed by atoms with Crippen molar-refractivity contribution < 1.29 is 0 Å². The number of aliphatic imine (C=N–C) groups is 1. The van der Waals surface area contributed by atoms with Crippen LogP contribution in [0, 0.1) is 5.41 Å². The lowest BCUT2D eigenvalue weighted by Crippen LogP contribution is -2.45. The summed E-state index contributed by atoms with van der Waals surface area (Å²) >= 11 is 0. The highest BCUT2D eigenvalue weighted by molar-refractivity contribution is 5.87. The predicted molar refractivity (Wildman–Crippen MR) is 73.9 cm³/mol. The van der Waals surface area contributed by atoms with E-state index in [0.29, 0.717) is 6.04 Å². The molecule has 0 aromatic heterocycles. The molecular weight excluding hydrogens is 208 g/mol. The van der Waals surface area contributed by atoms with Crippen molar-refractivity contribution in [2.45, 2.75) is 33.7 Å². The Balaban J connectivity index is 2.42. The van der Waals surface area contributed by atoms with Crippen LogP contribution in [0.4, 0.5) is 0 Å². The Morgan fingerprint density at radius 3 is 2.35 bits per heavy atom. The smallest absolute Gasteiger partial charge is 0.0988 e. The Kier molecular flexibility index (Phi) is 3.05. The maximum atomic E-state index is 4.39. The fourth-order valence-electron chi connectivity index (χ4n) is 2.12. The molecule has 0 amide bonds. The second-order valence-electron chi connectivity index (χ2n) is 5.61. The van der Waals surface area contributed by atoms with Gasteiger partial charge in [-0.15, -0.1) is 0 Å². The van der Waals surface area contributed by atoms with Gasteiger partial charge in [0.1, 0.15) is 0 Å². The minimum Gasteiger partial charge on any atom is -0.366 e. The number of hydrogen-bond acceptors (Lipinski definition) is 2. The zero-order chi connectivity index (χ0) is 12.5. The fraction of sp³-hybridized carbons (Fsp3) is 0.400. The Hall–Kier alpha value is -1.57. The Morgan fingerprint density at radius 1 is 1.12 bits per heavy atom. The van der Waals surface area contributed by atoms with E-state index >= 15 is 0 Å². The molecular formula is C15H20N2. The molecule has 2 nitrogen and oxygen atoms in total. The second kappa shape index (κ2) is 4.36. The Bertz CT molecular complexity index is 450. The van der Waals surface area contributed by atoms with Gasteiger partial charge in [-0.05, 0) is 17.9 Å². The van der Waals surface area contributed by atoms with Crippen molar-refractivity contribution >= 4 is 11.4 Å². The van der Waals surface area contributed by atoms with Gasteiger partial charge in [0.15, 0.2) is 0 Å². The summed E-state index contributed by atoms with van der Waals surface area (Å²) in [5.74, 6) is 0.990. The Morgan fingerprint density at radius 2 is 1.76 bits per heavy atom. The monoisotopic (exact) mass is 228 g/mol. The first-order valence-corrected chi connectivity index (χ1v) is 6.05. The first-order valence-electron chi connectivity index (χ1n) is 6.05. The number of amidine groups is 1. The molecule has 1 N–H and O–H groups in total. The zero-order valence-electron chi connectivity index (χ0n) is 11.0. The molecule has 2 heteroatoms. The fourth-order valence-corrected chi connectivity index (χ4v) is 2.12. The number of benzene rings is 1. The molecule has 2 rings (SSSR count). The van der Waals surface area contributed by atoms with Gasteiger partial charge < -0.3 is 5.32 Å². The maximum Gasteiger partial charge on any atom is 0.0988 e. The van der Waals surface area contributed by atoms with E-state index in [-0.39, 0.29) is 5.41 Å². The summed E-state index contributed by atoms with van der Waals surface area (Å²) in [5.41, 5.74) is 2.68. The van der Waals surface area contributed by atoms with E-state index in [9.17, 15) is 0 Å². The molecule has 1 heterocycles. The highest BCUT2D eigenvalue weighted by Crippen LogP contribution is 2.32. The number of nitrogens with zero attached hydrogens (tertiary/aromatic N) is 1. The van der Waals surface area contributed by atoms with Gasteiger partial charge in [-0.3, -0.25) is 0 Å². The summed E-state index contributed by atoms with van der Waals surface area (Å²) in [6.07, 6.45) is 2.00. The highest BCUT2D eigenvalue weighted by atomic mass is 15.0. The lowest BCUT2D eigenvalue weighted by Gasteiger charge is -2.36. The molecule has 1 atom stereocenters. The molecule has 1 aromatic carbocycles. The van der Waals surface area contributed by atoms with Crippen molar-refractivity contribution in [1.82, 2.24) is 5.32 Å². The van der Waals surface area contributed by atoms with Gasteiger partial charge in [-0.2, -0.15) is 0 Å². The van der Waals surface area contributed by atoms with Gasteiger partial charge in [-0.25, -0.2) is 4.99 Å². The van der Waals surface area contributed by atoms with Gasteiger partial charge in [0.25, 0.3) is 0 Å². The molecule has 1 aromatic rings. The summed E-state index contributed by atoms with van der Waals surface area (Å²) in [7, 11) is 0. The molecule has 1 aliphatic rings. The highest BCUT2D eigenvalue weighted by Gasteiger charge is 2.30. The summed E-state index contributed by atoms with van der Waals surface area (Å²) < 4.78 is 0. The van der Waals surface area contributed by atoms with Crippen LogP contribution in [-0.2, 0) is 0 Å². The summed E-state index contributed by atoms with van der Waals surface area (Å²) in [6.45, 7) is 8.76. The average Bonchev–Trinajstić information content (AvgIpc) is 2.29. The molecule has 0 aliphatic carbocycles. The van der Waals surface area contributed by atoms with Gasteiger partial charge in [0, 0.05) is 11.8 Å². The van der Waals surface area contributed by atoms with E-state index in [1.165, 1.54) is 11.1 Å². The van der Waals surface area contributed by atoms with Crippen molar-refractivity contribution in [2.24, 2.45) is 10.4 Å². The van der Waals surface area contributed by atoms with Crippen LogP contribution in [0.2, 0.25) is 0 Å². The summed E-state index contributed by atoms with van der Waals surface area (Å²) in [4.78, 5) is 4.39. The van der Waals surface area contributed by atoms with Crippen LogP contribution in [0.15, 0.2) is 41.5 Å². The normalized spacial score (nSPS) is 20.4. The maximum absolute atomic E-state index is 4.39. The topological polar surface area (TPSA) is 24.4 Å². The number of hydrogen-bond donors (Lipinski definition) is 1. The minimum absolute atomic E-state index is 0.166. The molecule has 0 fully saturated rings. The van der Waals surface area contributed by atoms with Crippen LogP contribution in [-0.4, -0.2) is 11.9 Å². The van der Waals surface area contributed by atoms with Crippen molar-refractivity contribution in [3.63, 3.8) is 0 Å². The van der Waals surface area contributed by atoms with E-state index in [1.54, 1.807) is 0 Å². The molecule has 1 unspecified atom stereocenters. The van der Waals surface area contributed by atoms with Crippen LogP contribution < -0.4 is 5.32 Å². The van der Waals surface area contributed by atoms with Crippen molar-refractivity contribution in [3.05, 3.63) is 42.1 Å². The number of rotatable bonds is 1. The van der Waals surface area contributed by atoms with Gasteiger partial charge in [0.2, 0.25) is 0 Å². The molecule has 0 bridgehead atoms.